The Bertz CT molecular complexity index is 304. The molecule has 0 aliphatic carbocycles. The van der Waals surface area contributed by atoms with E-state index in [1.165, 1.54) is 6.92 Å². The van der Waals surface area contributed by atoms with Crippen molar-refractivity contribution in [3.05, 3.63) is 0 Å². The molecule has 0 aromatic carbocycles. The lowest BCUT2D eigenvalue weighted by molar-refractivity contribution is 0.342. The number of hydrogen-bond acceptors (Lipinski definition) is 6. The SMILES string of the molecule is CCOS(C)(=O)=O.CCS(=O)(=O)OC. The quantitative estimate of drug-likeness (QED) is 0.649. The molecule has 0 fully saturated rings. The minimum atomic E-state index is -3.17. The van der Waals surface area contributed by atoms with E-state index in [0.29, 0.717) is 0 Å². The van der Waals surface area contributed by atoms with Crippen molar-refractivity contribution in [1.82, 2.24) is 0 Å². The summed E-state index contributed by atoms with van der Waals surface area (Å²) in [5, 5.41) is 0. The third kappa shape index (κ3) is 14.3. The van der Waals surface area contributed by atoms with E-state index in [1.54, 1.807) is 6.92 Å². The highest BCUT2D eigenvalue weighted by molar-refractivity contribution is 7.86. The Morgan fingerprint density at radius 3 is 1.50 bits per heavy atom. The molecule has 0 bridgehead atoms. The molecule has 0 saturated heterocycles. The van der Waals surface area contributed by atoms with Crippen LogP contribution in [0.25, 0.3) is 0 Å². The van der Waals surface area contributed by atoms with Crippen LogP contribution in [0, 0.1) is 0 Å². The van der Waals surface area contributed by atoms with Gasteiger partial charge in [-0.3, -0.25) is 8.37 Å². The fraction of sp³-hybridized carbons (Fsp3) is 1.00. The van der Waals surface area contributed by atoms with Crippen LogP contribution in [0.15, 0.2) is 0 Å². The van der Waals surface area contributed by atoms with Gasteiger partial charge in [-0.2, -0.15) is 16.8 Å². The maximum atomic E-state index is 10.1. The van der Waals surface area contributed by atoms with Crippen molar-refractivity contribution in [2.75, 3.05) is 25.7 Å². The first kappa shape index (κ1) is 16.3. The van der Waals surface area contributed by atoms with Gasteiger partial charge >= 0.3 is 0 Å². The minimum absolute atomic E-state index is 0.0451. The molecule has 8 heteroatoms. The summed E-state index contributed by atoms with van der Waals surface area (Å²) in [6.45, 7) is 3.37. The third-order valence-corrected chi connectivity index (χ3v) is 2.82. The molecule has 0 heterocycles. The highest BCUT2D eigenvalue weighted by Crippen LogP contribution is 1.85. The molecule has 0 rings (SSSR count). The van der Waals surface area contributed by atoms with E-state index in [0.717, 1.165) is 13.4 Å². The van der Waals surface area contributed by atoms with E-state index in [2.05, 4.69) is 8.37 Å². The first-order valence-corrected chi connectivity index (χ1v) is 7.20. The summed E-state index contributed by atoms with van der Waals surface area (Å²) < 4.78 is 48.6. The summed E-state index contributed by atoms with van der Waals surface area (Å²) in [6.07, 6.45) is 1.02. The van der Waals surface area contributed by atoms with E-state index in [-0.39, 0.29) is 12.4 Å². The summed E-state index contributed by atoms with van der Waals surface area (Å²) >= 11 is 0. The van der Waals surface area contributed by atoms with Crippen LogP contribution in [0.5, 0.6) is 0 Å². The van der Waals surface area contributed by atoms with Gasteiger partial charge < -0.3 is 0 Å². The van der Waals surface area contributed by atoms with Crippen LogP contribution >= 0.6 is 0 Å². The third-order valence-electron chi connectivity index (χ3n) is 0.939. The van der Waals surface area contributed by atoms with Crippen LogP contribution in [-0.4, -0.2) is 42.6 Å². The monoisotopic (exact) mass is 248 g/mol. The molecule has 6 nitrogen and oxygen atoms in total. The Balaban J connectivity index is 0. The molecular formula is C6H16O6S2. The van der Waals surface area contributed by atoms with E-state index in [4.69, 9.17) is 0 Å². The average molecular weight is 248 g/mol. The van der Waals surface area contributed by atoms with Crippen molar-refractivity contribution >= 4 is 20.2 Å². The second-order valence-corrected chi connectivity index (χ2v) is 5.79. The van der Waals surface area contributed by atoms with Crippen molar-refractivity contribution < 1.29 is 25.2 Å². The Morgan fingerprint density at radius 1 is 1.07 bits per heavy atom. The van der Waals surface area contributed by atoms with Crippen molar-refractivity contribution in [3.8, 4) is 0 Å². The zero-order valence-electron chi connectivity index (χ0n) is 8.68. The van der Waals surface area contributed by atoms with Gasteiger partial charge in [0, 0.05) is 0 Å². The minimum Gasteiger partial charge on any atom is -0.273 e. The molecule has 14 heavy (non-hydrogen) atoms. The van der Waals surface area contributed by atoms with Crippen LogP contribution in [0.3, 0.4) is 0 Å². The molecule has 0 radical (unpaired) electrons. The van der Waals surface area contributed by atoms with Crippen LogP contribution in [0.2, 0.25) is 0 Å². The number of hydrogen-bond donors (Lipinski definition) is 0. The van der Waals surface area contributed by atoms with Gasteiger partial charge in [-0.15, -0.1) is 0 Å². The topological polar surface area (TPSA) is 86.7 Å². The fourth-order valence-corrected chi connectivity index (χ4v) is 0.996. The molecule has 0 atom stereocenters. The summed E-state index contributed by atoms with van der Waals surface area (Å²) in [7, 11) is -5.18. The molecule has 0 amide bonds. The average Bonchev–Trinajstić information content (AvgIpc) is 2.04. The van der Waals surface area contributed by atoms with Crippen LogP contribution in [-0.2, 0) is 28.6 Å². The highest BCUT2D eigenvalue weighted by Gasteiger charge is 2.00. The second kappa shape index (κ2) is 7.16. The van der Waals surface area contributed by atoms with Gasteiger partial charge in [0.2, 0.25) is 0 Å². The van der Waals surface area contributed by atoms with Gasteiger partial charge in [0.15, 0.2) is 0 Å². The molecule has 0 saturated carbocycles. The van der Waals surface area contributed by atoms with E-state index >= 15 is 0 Å². The first-order chi connectivity index (χ1) is 6.18. The molecule has 0 aromatic rings. The summed E-state index contributed by atoms with van der Waals surface area (Å²) in [5.41, 5.74) is 0. The van der Waals surface area contributed by atoms with E-state index in [9.17, 15) is 16.8 Å². The van der Waals surface area contributed by atoms with Crippen LogP contribution in [0.1, 0.15) is 13.8 Å². The summed E-state index contributed by atoms with van der Waals surface area (Å²) in [6, 6.07) is 0. The van der Waals surface area contributed by atoms with Crippen LogP contribution in [0.4, 0.5) is 0 Å². The molecule has 0 spiro atoms. The van der Waals surface area contributed by atoms with Gasteiger partial charge in [-0.25, -0.2) is 0 Å². The van der Waals surface area contributed by atoms with E-state index < -0.39 is 20.2 Å². The van der Waals surface area contributed by atoms with Crippen molar-refractivity contribution in [2.45, 2.75) is 13.8 Å². The fourth-order valence-electron chi connectivity index (χ4n) is 0.332. The normalized spacial score (nSPS) is 11.7. The van der Waals surface area contributed by atoms with Gasteiger partial charge in [0.1, 0.15) is 0 Å². The maximum absolute atomic E-state index is 10.1. The van der Waals surface area contributed by atoms with Gasteiger partial charge in [0.25, 0.3) is 20.2 Å². The summed E-state index contributed by atoms with van der Waals surface area (Å²) in [4.78, 5) is 0. The first-order valence-electron chi connectivity index (χ1n) is 3.81. The van der Waals surface area contributed by atoms with Gasteiger partial charge in [0.05, 0.1) is 25.7 Å². The zero-order chi connectivity index (χ0) is 11.8. The lowest BCUT2D eigenvalue weighted by Crippen LogP contribution is -2.03. The van der Waals surface area contributed by atoms with Gasteiger partial charge in [-0.1, -0.05) is 0 Å². The predicted octanol–water partition coefficient (Wildman–Crippen LogP) is -0.0350. The molecule has 0 N–H and O–H groups in total. The number of rotatable bonds is 4. The lowest BCUT2D eigenvalue weighted by atomic mass is 10.9. The summed E-state index contributed by atoms with van der Waals surface area (Å²) in [5.74, 6) is 0.0451. The Hall–Kier alpha value is -0.180. The van der Waals surface area contributed by atoms with Crippen molar-refractivity contribution in [3.63, 3.8) is 0 Å². The van der Waals surface area contributed by atoms with Crippen LogP contribution < -0.4 is 0 Å². The maximum Gasteiger partial charge on any atom is 0.266 e. The molecular weight excluding hydrogens is 232 g/mol. The van der Waals surface area contributed by atoms with E-state index in [1.807, 2.05) is 0 Å². The Labute approximate surface area is 85.5 Å². The predicted molar refractivity (Wildman–Crippen MR) is 52.9 cm³/mol. The van der Waals surface area contributed by atoms with Crippen molar-refractivity contribution in [1.29, 1.82) is 0 Å². The molecule has 0 unspecified atom stereocenters. The second-order valence-electron chi connectivity index (χ2n) is 2.12. The zero-order valence-corrected chi connectivity index (χ0v) is 10.3. The van der Waals surface area contributed by atoms with Gasteiger partial charge in [-0.05, 0) is 13.8 Å². The Morgan fingerprint density at radius 2 is 1.50 bits per heavy atom. The lowest BCUT2D eigenvalue weighted by Gasteiger charge is -1.90. The molecule has 88 valence electrons. The highest BCUT2D eigenvalue weighted by atomic mass is 32.2. The molecule has 0 aliphatic heterocycles. The standard InChI is InChI=1S/2C3H8O3S/c1-3-6-7(2,4)5;1-3-7(4,5)6-2/h2*3H2,1-2H3. The molecule has 0 aromatic heterocycles. The smallest absolute Gasteiger partial charge is 0.266 e. The van der Waals surface area contributed by atoms with Crippen molar-refractivity contribution in [2.24, 2.45) is 0 Å². The Kier molecular flexibility index (Phi) is 8.31. The molecule has 0 aliphatic rings. The largest absolute Gasteiger partial charge is 0.273 e.